The number of anilines is 2. The van der Waals surface area contributed by atoms with Crippen LogP contribution in [0.2, 0.25) is 5.02 Å². The van der Waals surface area contributed by atoms with Gasteiger partial charge < -0.3 is 16.0 Å². The number of pyridine rings is 1. The first kappa shape index (κ1) is 26.0. The van der Waals surface area contributed by atoms with Crippen LogP contribution in [-0.4, -0.2) is 50.7 Å². The summed E-state index contributed by atoms with van der Waals surface area (Å²) < 4.78 is 65.5. The second-order valence-corrected chi connectivity index (χ2v) is 10.8. The molecule has 1 saturated heterocycles. The summed E-state index contributed by atoms with van der Waals surface area (Å²) in [6.45, 7) is 0.924. The van der Waals surface area contributed by atoms with Crippen molar-refractivity contribution in [3.8, 4) is 0 Å². The SMILES string of the molecule is CS(=O)(=O)Nc1cccc(C(=O)NC2CNCC(Nc3cc(C(F)(F)F)nc4ccc(Cl)cc34)C2)c1. The Morgan fingerprint density at radius 1 is 1.11 bits per heavy atom. The van der Waals surface area contributed by atoms with Gasteiger partial charge in [0.1, 0.15) is 5.69 Å². The Bertz CT molecular complexity index is 1400. The number of rotatable bonds is 6. The number of aromatic nitrogens is 1. The molecule has 0 spiro atoms. The zero-order valence-corrected chi connectivity index (χ0v) is 20.6. The van der Waals surface area contributed by atoms with Gasteiger partial charge in [-0.05, 0) is 48.9 Å². The highest BCUT2D eigenvalue weighted by atomic mass is 35.5. The van der Waals surface area contributed by atoms with Gasteiger partial charge in [0.15, 0.2) is 0 Å². The number of hydrogen-bond donors (Lipinski definition) is 4. The summed E-state index contributed by atoms with van der Waals surface area (Å²) in [7, 11) is -3.50. The summed E-state index contributed by atoms with van der Waals surface area (Å²) in [6, 6.07) is 10.9. The number of fused-ring (bicyclic) bond motifs is 1. The van der Waals surface area contributed by atoms with Gasteiger partial charge in [0.2, 0.25) is 10.0 Å². The maximum absolute atomic E-state index is 13.4. The molecule has 2 aromatic carbocycles. The third kappa shape index (κ3) is 6.56. The number of hydrogen-bond acceptors (Lipinski definition) is 6. The Hall–Kier alpha value is -3.09. The van der Waals surface area contributed by atoms with Crippen LogP contribution in [0.5, 0.6) is 0 Å². The molecule has 4 N–H and O–H groups in total. The predicted molar refractivity (Wildman–Crippen MR) is 133 cm³/mol. The molecule has 2 heterocycles. The van der Waals surface area contributed by atoms with E-state index in [2.05, 4.69) is 25.7 Å². The molecule has 0 aliphatic carbocycles. The van der Waals surface area contributed by atoms with Gasteiger partial charge in [-0.15, -0.1) is 0 Å². The lowest BCUT2D eigenvalue weighted by molar-refractivity contribution is -0.140. The average molecular weight is 542 g/mol. The van der Waals surface area contributed by atoms with E-state index in [1.807, 2.05) is 0 Å². The molecule has 192 valence electrons. The van der Waals surface area contributed by atoms with Crippen LogP contribution in [0, 0.1) is 0 Å². The fourth-order valence-corrected chi connectivity index (χ4v) is 4.78. The van der Waals surface area contributed by atoms with Gasteiger partial charge >= 0.3 is 6.18 Å². The Morgan fingerprint density at radius 2 is 1.86 bits per heavy atom. The van der Waals surface area contributed by atoms with Crippen LogP contribution < -0.4 is 20.7 Å². The fourth-order valence-electron chi connectivity index (χ4n) is 4.05. The summed E-state index contributed by atoms with van der Waals surface area (Å²) >= 11 is 6.07. The highest BCUT2D eigenvalue weighted by Gasteiger charge is 2.34. The normalized spacial score (nSPS) is 18.6. The van der Waals surface area contributed by atoms with Gasteiger partial charge in [-0.3, -0.25) is 9.52 Å². The molecule has 8 nitrogen and oxygen atoms in total. The molecule has 1 aliphatic heterocycles. The second-order valence-electron chi connectivity index (χ2n) is 8.57. The van der Waals surface area contributed by atoms with Gasteiger partial charge in [0.05, 0.1) is 11.8 Å². The number of amides is 1. The average Bonchev–Trinajstić information content (AvgIpc) is 2.78. The third-order valence-corrected chi connectivity index (χ3v) is 6.38. The van der Waals surface area contributed by atoms with E-state index in [0.29, 0.717) is 29.9 Å². The maximum Gasteiger partial charge on any atom is 0.433 e. The van der Waals surface area contributed by atoms with Crippen molar-refractivity contribution in [1.82, 2.24) is 15.6 Å². The lowest BCUT2D eigenvalue weighted by Crippen LogP contribution is -2.52. The van der Waals surface area contributed by atoms with E-state index in [9.17, 15) is 26.4 Å². The van der Waals surface area contributed by atoms with E-state index in [4.69, 9.17) is 11.6 Å². The first-order valence-corrected chi connectivity index (χ1v) is 13.2. The lowest BCUT2D eigenvalue weighted by atomic mass is 10.0. The van der Waals surface area contributed by atoms with E-state index in [-0.39, 0.29) is 34.5 Å². The Labute approximate surface area is 210 Å². The van der Waals surface area contributed by atoms with Crippen LogP contribution in [-0.2, 0) is 16.2 Å². The molecule has 2 unspecified atom stereocenters. The predicted octanol–water partition coefficient (Wildman–Crippen LogP) is 3.85. The summed E-state index contributed by atoms with van der Waals surface area (Å²) in [6.07, 6.45) is -3.17. The third-order valence-electron chi connectivity index (χ3n) is 5.53. The molecule has 13 heteroatoms. The molecule has 1 amide bonds. The van der Waals surface area contributed by atoms with E-state index < -0.39 is 27.8 Å². The van der Waals surface area contributed by atoms with Gasteiger partial charge in [-0.1, -0.05) is 17.7 Å². The minimum atomic E-state index is -4.62. The number of nitrogens with one attached hydrogen (secondary N) is 4. The van der Waals surface area contributed by atoms with E-state index in [1.165, 1.54) is 24.3 Å². The fraction of sp³-hybridized carbons (Fsp3) is 0.304. The molecular weight excluding hydrogens is 519 g/mol. The van der Waals surface area contributed by atoms with Gasteiger partial charge in [0, 0.05) is 52.5 Å². The molecule has 3 aromatic rings. The highest BCUT2D eigenvalue weighted by molar-refractivity contribution is 7.92. The van der Waals surface area contributed by atoms with E-state index in [1.54, 1.807) is 18.2 Å². The summed E-state index contributed by atoms with van der Waals surface area (Å²) in [5.41, 5.74) is -0.0874. The second kappa shape index (κ2) is 10.1. The summed E-state index contributed by atoms with van der Waals surface area (Å²) in [4.78, 5) is 16.5. The molecule has 4 rings (SSSR count). The first-order chi connectivity index (χ1) is 16.9. The van der Waals surface area contributed by atoms with Crippen molar-refractivity contribution in [2.45, 2.75) is 24.7 Å². The molecule has 1 aliphatic rings. The quantitative estimate of drug-likeness (QED) is 0.377. The Kier molecular flexibility index (Phi) is 7.30. The first-order valence-electron chi connectivity index (χ1n) is 10.9. The summed E-state index contributed by atoms with van der Waals surface area (Å²) in [5.74, 6) is -0.403. The van der Waals surface area contributed by atoms with E-state index >= 15 is 0 Å². The van der Waals surface area contributed by atoms with Crippen molar-refractivity contribution in [3.05, 3.63) is 64.8 Å². The topological polar surface area (TPSA) is 112 Å². The smallest absolute Gasteiger partial charge is 0.380 e. The standard InChI is InChI=1S/C23H23ClF3N5O3S/c1-36(34,35)32-15-4-2-3-13(7-15)22(33)30-17-9-16(11-28-12-17)29-20-10-21(23(25,26)27)31-19-6-5-14(24)8-18(19)20/h2-8,10,16-17,28,32H,9,11-12H2,1H3,(H,29,31)(H,30,33). The van der Waals surface area contributed by atoms with Crippen LogP contribution in [0.3, 0.4) is 0 Å². The molecule has 36 heavy (non-hydrogen) atoms. The van der Waals surface area contributed by atoms with Crippen molar-refractivity contribution in [3.63, 3.8) is 0 Å². The molecule has 0 radical (unpaired) electrons. The minimum Gasteiger partial charge on any atom is -0.380 e. The highest BCUT2D eigenvalue weighted by Crippen LogP contribution is 2.34. The molecule has 0 bridgehead atoms. The van der Waals surface area contributed by atoms with Crippen LogP contribution >= 0.6 is 11.6 Å². The van der Waals surface area contributed by atoms with Crippen LogP contribution in [0.25, 0.3) is 10.9 Å². The number of benzene rings is 2. The van der Waals surface area contributed by atoms with Crippen molar-refractivity contribution in [2.24, 2.45) is 0 Å². The number of alkyl halides is 3. The Balaban J connectivity index is 1.50. The molecule has 2 atom stereocenters. The molecule has 0 saturated carbocycles. The molecular formula is C23H23ClF3N5O3S. The van der Waals surface area contributed by atoms with Gasteiger partial charge in [-0.2, -0.15) is 13.2 Å². The number of carbonyl (C=O) groups is 1. The number of carbonyl (C=O) groups excluding carboxylic acids is 1. The van der Waals surface area contributed by atoms with E-state index in [0.717, 1.165) is 12.3 Å². The van der Waals surface area contributed by atoms with Crippen molar-refractivity contribution >= 4 is 49.8 Å². The largest absolute Gasteiger partial charge is 0.433 e. The van der Waals surface area contributed by atoms with Gasteiger partial charge in [-0.25, -0.2) is 13.4 Å². The Morgan fingerprint density at radius 3 is 2.58 bits per heavy atom. The van der Waals surface area contributed by atoms with Crippen LogP contribution in [0.15, 0.2) is 48.5 Å². The van der Waals surface area contributed by atoms with Crippen molar-refractivity contribution in [1.29, 1.82) is 0 Å². The monoisotopic (exact) mass is 541 g/mol. The number of piperidine rings is 1. The maximum atomic E-state index is 13.4. The zero-order chi connectivity index (χ0) is 26.1. The molecule has 1 aromatic heterocycles. The van der Waals surface area contributed by atoms with Crippen LogP contribution in [0.1, 0.15) is 22.5 Å². The number of nitrogens with zero attached hydrogens (tertiary/aromatic N) is 1. The summed E-state index contributed by atoms with van der Waals surface area (Å²) in [5, 5.41) is 10.0. The number of halogens is 4. The molecule has 1 fully saturated rings. The van der Waals surface area contributed by atoms with Gasteiger partial charge in [0.25, 0.3) is 5.91 Å². The minimum absolute atomic E-state index is 0.160. The van der Waals surface area contributed by atoms with Crippen LogP contribution in [0.4, 0.5) is 24.5 Å². The lowest BCUT2D eigenvalue weighted by Gasteiger charge is -2.32. The van der Waals surface area contributed by atoms with Crippen molar-refractivity contribution in [2.75, 3.05) is 29.4 Å². The van der Waals surface area contributed by atoms with Crippen molar-refractivity contribution < 1.29 is 26.4 Å². The number of sulfonamides is 1. The zero-order valence-electron chi connectivity index (χ0n) is 19.0.